The number of H-pyrrole nitrogens is 1. The topological polar surface area (TPSA) is 107 Å². The van der Waals surface area contributed by atoms with Gasteiger partial charge in [-0.1, -0.05) is 32.0 Å². The maximum absolute atomic E-state index is 13.4. The van der Waals surface area contributed by atoms with Crippen LogP contribution < -0.4 is 19.8 Å². The summed E-state index contributed by atoms with van der Waals surface area (Å²) >= 11 is 0. The van der Waals surface area contributed by atoms with Crippen molar-refractivity contribution in [3.05, 3.63) is 69.8 Å². The van der Waals surface area contributed by atoms with E-state index >= 15 is 0 Å². The molecule has 0 spiro atoms. The Morgan fingerprint density at radius 1 is 0.923 bits per heavy atom. The number of ether oxygens (including phenoxy) is 3. The van der Waals surface area contributed by atoms with E-state index in [1.165, 1.54) is 0 Å². The van der Waals surface area contributed by atoms with E-state index in [2.05, 4.69) is 60.0 Å². The lowest BCUT2D eigenvalue weighted by Gasteiger charge is -2.35. The van der Waals surface area contributed by atoms with Crippen LogP contribution in [0.15, 0.2) is 47.3 Å². The second-order valence-electron chi connectivity index (χ2n) is 10.9. The number of hydrogen-bond acceptors (Lipinski definition) is 8. The maximum atomic E-state index is 13.4. The number of fused-ring (bicyclic) bond motifs is 1. The van der Waals surface area contributed by atoms with Crippen LogP contribution in [0.2, 0.25) is 0 Å². The number of pyridine rings is 1. The molecule has 10 heteroatoms. The van der Waals surface area contributed by atoms with Gasteiger partial charge in [0.25, 0.3) is 5.56 Å². The summed E-state index contributed by atoms with van der Waals surface area (Å²) in [7, 11) is 4.83. The van der Waals surface area contributed by atoms with E-state index in [-0.39, 0.29) is 23.1 Å². The summed E-state index contributed by atoms with van der Waals surface area (Å²) in [6.07, 6.45) is 0. The van der Waals surface area contributed by atoms with Crippen LogP contribution in [0.4, 0.5) is 0 Å². The molecule has 0 bridgehead atoms. The summed E-state index contributed by atoms with van der Waals surface area (Å²) in [6, 6.07) is 13.3. The molecule has 1 unspecified atom stereocenters. The smallest absolute Gasteiger partial charge is 0.252 e. The molecule has 0 aliphatic heterocycles. The molecule has 2 heterocycles. The van der Waals surface area contributed by atoms with Crippen LogP contribution in [0.3, 0.4) is 0 Å². The Morgan fingerprint density at radius 3 is 2.21 bits per heavy atom. The first kappa shape index (κ1) is 28.1. The SMILES string of the molecule is COc1ccccc1CN(Cc1cc2cc(OC)c(OC)cc2[nH]c1=O)C(c1nnnn1C(C)(C)C)C(C)C. The number of benzene rings is 2. The number of nitrogens with zero attached hydrogens (tertiary/aromatic N) is 5. The number of nitrogens with one attached hydrogen (secondary N) is 1. The monoisotopic (exact) mass is 534 g/mol. The molecule has 0 saturated heterocycles. The summed E-state index contributed by atoms with van der Waals surface area (Å²) in [5.41, 5.74) is 1.81. The summed E-state index contributed by atoms with van der Waals surface area (Å²) in [5.74, 6) is 2.81. The molecule has 1 N–H and O–H groups in total. The highest BCUT2D eigenvalue weighted by Gasteiger charge is 2.33. The van der Waals surface area contributed by atoms with Crippen molar-refractivity contribution in [2.45, 2.75) is 59.3 Å². The van der Waals surface area contributed by atoms with Crippen LogP contribution >= 0.6 is 0 Å². The van der Waals surface area contributed by atoms with Gasteiger partial charge in [-0.15, -0.1) is 5.10 Å². The van der Waals surface area contributed by atoms with Gasteiger partial charge in [-0.25, -0.2) is 4.68 Å². The predicted octanol–water partition coefficient (Wildman–Crippen LogP) is 4.69. The van der Waals surface area contributed by atoms with Gasteiger partial charge in [0.15, 0.2) is 17.3 Å². The zero-order valence-corrected chi connectivity index (χ0v) is 24.0. The van der Waals surface area contributed by atoms with Gasteiger partial charge in [0, 0.05) is 35.7 Å². The molecule has 0 fully saturated rings. The van der Waals surface area contributed by atoms with E-state index in [0.717, 1.165) is 22.5 Å². The van der Waals surface area contributed by atoms with E-state index in [9.17, 15) is 4.79 Å². The van der Waals surface area contributed by atoms with Gasteiger partial charge < -0.3 is 19.2 Å². The van der Waals surface area contributed by atoms with Crippen molar-refractivity contribution in [2.75, 3.05) is 21.3 Å². The molecule has 208 valence electrons. The lowest BCUT2D eigenvalue weighted by atomic mass is 9.98. The summed E-state index contributed by atoms with van der Waals surface area (Å²) < 4.78 is 18.5. The van der Waals surface area contributed by atoms with Crippen molar-refractivity contribution in [2.24, 2.45) is 5.92 Å². The summed E-state index contributed by atoms with van der Waals surface area (Å²) in [5, 5.41) is 13.7. The van der Waals surface area contributed by atoms with Crippen molar-refractivity contribution in [1.82, 2.24) is 30.1 Å². The lowest BCUT2D eigenvalue weighted by molar-refractivity contribution is 0.118. The molecule has 0 amide bonds. The number of rotatable bonds is 10. The minimum absolute atomic E-state index is 0.135. The van der Waals surface area contributed by atoms with Gasteiger partial charge in [0.2, 0.25) is 0 Å². The molecule has 4 rings (SSSR count). The molecule has 10 nitrogen and oxygen atoms in total. The highest BCUT2D eigenvalue weighted by atomic mass is 16.5. The van der Waals surface area contributed by atoms with E-state index < -0.39 is 0 Å². The standard InChI is InChI=1S/C29H38N6O4/c1-18(2)26(27-31-32-33-35(27)29(3,4)5)34(16-19-11-9-10-12-23(19)37-6)17-21-13-20-14-24(38-7)25(39-8)15-22(20)30-28(21)36/h9-15,18,26H,16-17H2,1-8H3,(H,30,36). The zero-order chi connectivity index (χ0) is 28.3. The van der Waals surface area contributed by atoms with Crippen LogP contribution in [0, 0.1) is 5.92 Å². The number of aromatic amines is 1. The highest BCUT2D eigenvalue weighted by molar-refractivity contribution is 5.83. The van der Waals surface area contributed by atoms with Crippen molar-refractivity contribution < 1.29 is 14.2 Å². The fraction of sp³-hybridized carbons (Fsp3) is 0.448. The van der Waals surface area contributed by atoms with Gasteiger partial charge in [-0.05, 0) is 55.3 Å². The van der Waals surface area contributed by atoms with Crippen molar-refractivity contribution in [1.29, 1.82) is 0 Å². The van der Waals surface area contributed by atoms with Gasteiger partial charge in [-0.3, -0.25) is 9.69 Å². The molecule has 1 atom stereocenters. The van der Waals surface area contributed by atoms with Crippen LogP contribution in [-0.2, 0) is 18.6 Å². The zero-order valence-electron chi connectivity index (χ0n) is 24.0. The average Bonchev–Trinajstić information content (AvgIpc) is 3.38. The summed E-state index contributed by atoms with van der Waals surface area (Å²) in [4.78, 5) is 18.6. The van der Waals surface area contributed by atoms with E-state index in [1.54, 1.807) is 27.4 Å². The van der Waals surface area contributed by atoms with E-state index in [1.807, 2.05) is 41.1 Å². The Balaban J connectivity index is 1.85. The second kappa shape index (κ2) is 11.4. The van der Waals surface area contributed by atoms with Crippen molar-refractivity contribution >= 4 is 10.9 Å². The largest absolute Gasteiger partial charge is 0.496 e. The van der Waals surface area contributed by atoms with Crippen LogP contribution in [0.1, 0.15) is 57.6 Å². The Hall–Kier alpha value is -3.92. The predicted molar refractivity (Wildman–Crippen MR) is 150 cm³/mol. The highest BCUT2D eigenvalue weighted by Crippen LogP contribution is 2.35. The minimum atomic E-state index is -0.321. The fourth-order valence-corrected chi connectivity index (χ4v) is 4.96. The minimum Gasteiger partial charge on any atom is -0.496 e. The molecule has 39 heavy (non-hydrogen) atoms. The number of methoxy groups -OCH3 is 3. The molecule has 0 aliphatic carbocycles. The third-order valence-electron chi connectivity index (χ3n) is 6.78. The molecule has 4 aromatic rings. The normalized spacial score (nSPS) is 12.8. The Morgan fingerprint density at radius 2 is 1.56 bits per heavy atom. The first-order chi connectivity index (χ1) is 18.6. The Bertz CT molecular complexity index is 1490. The van der Waals surface area contributed by atoms with E-state index in [4.69, 9.17) is 14.2 Å². The number of aromatic nitrogens is 5. The molecule has 2 aromatic heterocycles. The molecular weight excluding hydrogens is 496 g/mol. The number of tetrazole rings is 1. The lowest BCUT2D eigenvalue weighted by Crippen LogP contribution is -2.37. The van der Waals surface area contributed by atoms with Gasteiger partial charge >= 0.3 is 0 Å². The molecule has 2 aromatic carbocycles. The van der Waals surface area contributed by atoms with Crippen molar-refractivity contribution in [3.8, 4) is 17.2 Å². The van der Waals surface area contributed by atoms with Crippen molar-refractivity contribution in [3.63, 3.8) is 0 Å². The second-order valence-corrected chi connectivity index (χ2v) is 10.9. The third kappa shape index (κ3) is 5.90. The Labute approximate surface area is 228 Å². The van der Waals surface area contributed by atoms with Gasteiger partial charge in [0.05, 0.1) is 38.4 Å². The first-order valence-corrected chi connectivity index (χ1v) is 13.0. The molecular formula is C29H38N6O4. The van der Waals surface area contributed by atoms with Gasteiger partial charge in [-0.2, -0.15) is 0 Å². The summed E-state index contributed by atoms with van der Waals surface area (Å²) in [6.45, 7) is 11.4. The van der Waals surface area contributed by atoms with Crippen LogP contribution in [0.25, 0.3) is 10.9 Å². The average molecular weight is 535 g/mol. The molecule has 0 aliphatic rings. The number of hydrogen-bond donors (Lipinski definition) is 1. The first-order valence-electron chi connectivity index (χ1n) is 13.0. The molecule has 0 radical (unpaired) electrons. The maximum Gasteiger partial charge on any atom is 0.252 e. The fourth-order valence-electron chi connectivity index (χ4n) is 4.96. The van der Waals surface area contributed by atoms with Gasteiger partial charge in [0.1, 0.15) is 5.75 Å². The van der Waals surface area contributed by atoms with Crippen LogP contribution in [0.5, 0.6) is 17.2 Å². The quantitative estimate of drug-likeness (QED) is 0.312. The number of para-hydroxylation sites is 1. The molecule has 0 saturated carbocycles. The Kier molecular flexibility index (Phi) is 8.25. The van der Waals surface area contributed by atoms with Crippen LogP contribution in [-0.4, -0.2) is 51.4 Å². The third-order valence-corrected chi connectivity index (χ3v) is 6.78. The van der Waals surface area contributed by atoms with E-state index in [0.29, 0.717) is 35.7 Å².